The summed E-state index contributed by atoms with van der Waals surface area (Å²) in [5.74, 6) is 2.25. The number of amides is 1. The van der Waals surface area contributed by atoms with Gasteiger partial charge in [0.2, 0.25) is 23.4 Å². The van der Waals surface area contributed by atoms with E-state index in [9.17, 15) is 4.79 Å². The molecule has 0 radical (unpaired) electrons. The van der Waals surface area contributed by atoms with E-state index < -0.39 is 0 Å². The predicted molar refractivity (Wildman–Crippen MR) is 125 cm³/mol. The van der Waals surface area contributed by atoms with Crippen LogP contribution >= 0.6 is 0 Å². The largest absolute Gasteiger partial charge is 0.493 e. The van der Waals surface area contributed by atoms with E-state index in [0.29, 0.717) is 47.5 Å². The van der Waals surface area contributed by atoms with Crippen molar-refractivity contribution in [3.63, 3.8) is 0 Å². The number of benzene rings is 2. The van der Waals surface area contributed by atoms with E-state index in [4.69, 9.17) is 18.7 Å². The highest BCUT2D eigenvalue weighted by molar-refractivity contribution is 5.92. The summed E-state index contributed by atoms with van der Waals surface area (Å²) in [5.41, 5.74) is 1.64. The van der Waals surface area contributed by atoms with Crippen molar-refractivity contribution in [3.05, 3.63) is 60.0 Å². The second-order valence-corrected chi connectivity index (χ2v) is 7.55. The third kappa shape index (κ3) is 5.91. The second kappa shape index (κ2) is 11.2. The standard InChI is InChI=1S/C25H29N3O5/c1-17(2)28(23(29)12-11-18-9-7-6-8-10-18)14-13-22-26-25(27-33-22)19-15-20(30-3)24(32-5)21(16-19)31-4/h6-12,15-17H,13-14H2,1-5H3. The number of hydrogen-bond donors (Lipinski definition) is 0. The van der Waals surface area contributed by atoms with E-state index in [1.165, 1.54) is 0 Å². The van der Waals surface area contributed by atoms with Crippen molar-refractivity contribution in [2.24, 2.45) is 0 Å². The minimum atomic E-state index is -0.0711. The number of carbonyl (C=O) groups is 1. The van der Waals surface area contributed by atoms with Gasteiger partial charge in [-0.15, -0.1) is 0 Å². The normalized spacial score (nSPS) is 11.1. The van der Waals surface area contributed by atoms with Gasteiger partial charge in [-0.05, 0) is 37.6 Å². The zero-order valence-electron chi connectivity index (χ0n) is 19.6. The van der Waals surface area contributed by atoms with Gasteiger partial charge in [0.1, 0.15) is 0 Å². The molecule has 0 bridgehead atoms. The van der Waals surface area contributed by atoms with Gasteiger partial charge in [-0.25, -0.2) is 0 Å². The number of ether oxygens (including phenoxy) is 3. The Morgan fingerprint density at radius 3 is 2.30 bits per heavy atom. The Morgan fingerprint density at radius 2 is 1.73 bits per heavy atom. The van der Waals surface area contributed by atoms with Crippen LogP contribution in [0.2, 0.25) is 0 Å². The lowest BCUT2D eigenvalue weighted by atomic mass is 10.1. The van der Waals surface area contributed by atoms with Gasteiger partial charge in [-0.2, -0.15) is 4.98 Å². The molecule has 0 spiro atoms. The lowest BCUT2D eigenvalue weighted by molar-refractivity contribution is -0.127. The number of rotatable bonds is 10. The van der Waals surface area contributed by atoms with Crippen molar-refractivity contribution >= 4 is 12.0 Å². The molecule has 0 aliphatic rings. The smallest absolute Gasteiger partial charge is 0.246 e. The summed E-state index contributed by atoms with van der Waals surface area (Å²) in [5, 5.41) is 4.08. The molecular formula is C25H29N3O5. The molecule has 8 heteroatoms. The van der Waals surface area contributed by atoms with E-state index in [1.54, 1.807) is 44.4 Å². The van der Waals surface area contributed by atoms with Gasteiger partial charge >= 0.3 is 0 Å². The molecule has 174 valence electrons. The van der Waals surface area contributed by atoms with Crippen molar-refractivity contribution in [1.82, 2.24) is 15.0 Å². The van der Waals surface area contributed by atoms with Crippen molar-refractivity contribution in [1.29, 1.82) is 0 Å². The molecule has 1 aromatic heterocycles. The summed E-state index contributed by atoms with van der Waals surface area (Å²) >= 11 is 0. The lowest BCUT2D eigenvalue weighted by Crippen LogP contribution is -2.37. The molecule has 0 N–H and O–H groups in total. The van der Waals surface area contributed by atoms with Gasteiger partial charge in [-0.3, -0.25) is 4.79 Å². The quantitative estimate of drug-likeness (QED) is 0.426. The first-order valence-corrected chi connectivity index (χ1v) is 10.6. The molecule has 0 unspecified atom stereocenters. The molecule has 33 heavy (non-hydrogen) atoms. The molecule has 0 fully saturated rings. The van der Waals surface area contributed by atoms with Crippen LogP contribution in [-0.4, -0.2) is 54.9 Å². The van der Waals surface area contributed by atoms with Crippen molar-refractivity contribution in [2.75, 3.05) is 27.9 Å². The third-order valence-corrected chi connectivity index (χ3v) is 5.08. The van der Waals surface area contributed by atoms with Gasteiger partial charge in [0.05, 0.1) is 21.3 Å². The lowest BCUT2D eigenvalue weighted by Gasteiger charge is -2.24. The Labute approximate surface area is 193 Å². The van der Waals surface area contributed by atoms with Crippen LogP contribution in [0.1, 0.15) is 25.3 Å². The maximum atomic E-state index is 12.7. The van der Waals surface area contributed by atoms with Gasteiger partial charge in [-0.1, -0.05) is 35.5 Å². The first-order chi connectivity index (χ1) is 16.0. The number of carbonyl (C=O) groups excluding carboxylic acids is 1. The van der Waals surface area contributed by atoms with E-state index in [2.05, 4.69) is 10.1 Å². The van der Waals surface area contributed by atoms with E-state index in [-0.39, 0.29) is 11.9 Å². The average Bonchev–Trinajstić information content (AvgIpc) is 3.31. The van der Waals surface area contributed by atoms with E-state index in [1.807, 2.05) is 50.3 Å². The fourth-order valence-electron chi connectivity index (χ4n) is 3.35. The van der Waals surface area contributed by atoms with Crippen LogP contribution in [0.3, 0.4) is 0 Å². The fourth-order valence-corrected chi connectivity index (χ4v) is 3.35. The Bertz CT molecular complexity index is 1070. The molecule has 0 saturated heterocycles. The summed E-state index contributed by atoms with van der Waals surface area (Å²) in [6, 6.07) is 13.3. The molecule has 0 atom stereocenters. The SMILES string of the molecule is COc1cc(-c2noc(CCN(C(=O)C=Cc3ccccc3)C(C)C)n2)cc(OC)c1OC. The van der Waals surface area contributed by atoms with Crippen LogP contribution in [0.5, 0.6) is 17.2 Å². The maximum absolute atomic E-state index is 12.7. The van der Waals surface area contributed by atoms with E-state index in [0.717, 1.165) is 5.56 Å². The number of aromatic nitrogens is 2. The predicted octanol–water partition coefficient (Wildman–Crippen LogP) is 4.26. The molecule has 0 aliphatic heterocycles. The van der Waals surface area contributed by atoms with Crippen molar-refractivity contribution in [2.45, 2.75) is 26.3 Å². The fraction of sp³-hybridized carbons (Fsp3) is 0.320. The average molecular weight is 452 g/mol. The Balaban J connectivity index is 1.71. The summed E-state index contributed by atoms with van der Waals surface area (Å²) in [4.78, 5) is 19.0. The highest BCUT2D eigenvalue weighted by Crippen LogP contribution is 2.40. The topological polar surface area (TPSA) is 86.9 Å². The van der Waals surface area contributed by atoms with Crippen LogP contribution in [0, 0.1) is 0 Å². The van der Waals surface area contributed by atoms with Gasteiger partial charge < -0.3 is 23.6 Å². The Morgan fingerprint density at radius 1 is 1.06 bits per heavy atom. The van der Waals surface area contributed by atoms with E-state index >= 15 is 0 Å². The highest BCUT2D eigenvalue weighted by atomic mass is 16.5. The zero-order valence-corrected chi connectivity index (χ0v) is 19.6. The van der Waals surface area contributed by atoms with Crippen LogP contribution in [0.25, 0.3) is 17.5 Å². The van der Waals surface area contributed by atoms with Crippen LogP contribution in [0.4, 0.5) is 0 Å². The number of hydrogen-bond acceptors (Lipinski definition) is 7. The molecule has 8 nitrogen and oxygen atoms in total. The van der Waals surface area contributed by atoms with Gasteiger partial charge in [0.25, 0.3) is 0 Å². The second-order valence-electron chi connectivity index (χ2n) is 7.55. The van der Waals surface area contributed by atoms with Crippen LogP contribution in [0.15, 0.2) is 53.1 Å². The summed E-state index contributed by atoms with van der Waals surface area (Å²) in [6.45, 7) is 4.40. The molecular weight excluding hydrogens is 422 g/mol. The van der Waals surface area contributed by atoms with Crippen molar-refractivity contribution < 1.29 is 23.5 Å². The summed E-state index contributed by atoms with van der Waals surface area (Å²) < 4.78 is 21.6. The van der Waals surface area contributed by atoms with Crippen LogP contribution < -0.4 is 14.2 Å². The van der Waals surface area contributed by atoms with Gasteiger partial charge in [0, 0.05) is 30.6 Å². The highest BCUT2D eigenvalue weighted by Gasteiger charge is 2.19. The monoisotopic (exact) mass is 451 g/mol. The zero-order chi connectivity index (χ0) is 23.8. The molecule has 3 aromatic rings. The summed E-state index contributed by atoms with van der Waals surface area (Å²) in [7, 11) is 4.64. The minimum absolute atomic E-state index is 0.0235. The number of nitrogens with zero attached hydrogens (tertiary/aromatic N) is 3. The molecule has 0 aliphatic carbocycles. The molecule has 1 amide bonds. The van der Waals surface area contributed by atoms with Crippen LogP contribution in [-0.2, 0) is 11.2 Å². The third-order valence-electron chi connectivity index (χ3n) is 5.08. The maximum Gasteiger partial charge on any atom is 0.246 e. The molecule has 3 rings (SSSR count). The first kappa shape index (κ1) is 23.8. The Kier molecular flexibility index (Phi) is 8.07. The summed E-state index contributed by atoms with van der Waals surface area (Å²) in [6.07, 6.45) is 3.83. The van der Waals surface area contributed by atoms with Crippen molar-refractivity contribution in [3.8, 4) is 28.6 Å². The number of methoxy groups -OCH3 is 3. The molecule has 1 heterocycles. The molecule has 2 aromatic carbocycles. The molecule has 0 saturated carbocycles. The van der Waals surface area contributed by atoms with Gasteiger partial charge in [0.15, 0.2) is 11.5 Å². The Hall–Kier alpha value is -3.81. The minimum Gasteiger partial charge on any atom is -0.493 e. The first-order valence-electron chi connectivity index (χ1n) is 10.6.